The minimum absolute atomic E-state index is 0.0156. The highest BCUT2D eigenvalue weighted by Crippen LogP contribution is 2.29. The van der Waals surface area contributed by atoms with Gasteiger partial charge in [0.1, 0.15) is 5.75 Å². The van der Waals surface area contributed by atoms with Crippen molar-refractivity contribution in [1.82, 2.24) is 10.2 Å². The number of carbonyl (C=O) groups is 1. The summed E-state index contributed by atoms with van der Waals surface area (Å²) < 4.78 is 5.80. The molecule has 0 aromatic heterocycles. The molecule has 2 rings (SSSR count). The first kappa shape index (κ1) is 16.8. The van der Waals surface area contributed by atoms with E-state index in [2.05, 4.69) is 39.1 Å². The Morgan fingerprint density at radius 3 is 2.55 bits per heavy atom. The second-order valence-corrected chi connectivity index (χ2v) is 6.85. The van der Waals surface area contributed by atoms with Crippen LogP contribution in [0.3, 0.4) is 0 Å². The summed E-state index contributed by atoms with van der Waals surface area (Å²) in [4.78, 5) is 14.8. The molecule has 4 heteroatoms. The van der Waals surface area contributed by atoms with E-state index in [4.69, 9.17) is 4.74 Å². The number of rotatable bonds is 4. The number of carbonyl (C=O) groups excluding carboxylic acids is 1. The molecule has 1 aliphatic heterocycles. The predicted molar refractivity (Wildman–Crippen MR) is 89.7 cm³/mol. The number of nitrogens with zero attached hydrogens (tertiary/aromatic N) is 1. The van der Waals surface area contributed by atoms with Gasteiger partial charge in [-0.05, 0) is 29.5 Å². The quantitative estimate of drug-likeness (QED) is 0.930. The Bertz CT molecular complexity index is 514. The molecular formula is C18H28N2O2. The zero-order valence-electron chi connectivity index (χ0n) is 14.2. The van der Waals surface area contributed by atoms with Gasteiger partial charge >= 0.3 is 0 Å². The average Bonchev–Trinajstić information content (AvgIpc) is 2.52. The Balaban J connectivity index is 2.33. The van der Waals surface area contributed by atoms with Crippen LogP contribution in [0.5, 0.6) is 5.75 Å². The van der Waals surface area contributed by atoms with Gasteiger partial charge in [0, 0.05) is 26.2 Å². The maximum atomic E-state index is 12.9. The molecular weight excluding hydrogens is 276 g/mol. The van der Waals surface area contributed by atoms with Gasteiger partial charge in [-0.3, -0.25) is 4.79 Å². The van der Waals surface area contributed by atoms with Crippen molar-refractivity contribution in [3.8, 4) is 5.75 Å². The van der Waals surface area contributed by atoms with Gasteiger partial charge in [0.25, 0.3) is 5.91 Å². The predicted octanol–water partition coefficient (Wildman–Crippen LogP) is 2.82. The lowest BCUT2D eigenvalue weighted by Crippen LogP contribution is -2.46. The summed E-state index contributed by atoms with van der Waals surface area (Å²) in [6, 6.07) is 6.03. The van der Waals surface area contributed by atoms with E-state index in [9.17, 15) is 4.79 Å². The van der Waals surface area contributed by atoms with Crippen LogP contribution in [0.2, 0.25) is 0 Å². The maximum absolute atomic E-state index is 12.9. The fourth-order valence-electron chi connectivity index (χ4n) is 2.54. The highest BCUT2D eigenvalue weighted by atomic mass is 16.5. The Kier molecular flexibility index (Phi) is 5.46. The molecule has 1 fully saturated rings. The lowest BCUT2D eigenvalue weighted by molar-refractivity contribution is 0.0731. The Hall–Kier alpha value is -1.55. The zero-order chi connectivity index (χ0) is 16.2. The van der Waals surface area contributed by atoms with Crippen molar-refractivity contribution in [1.29, 1.82) is 0 Å². The first-order valence-electron chi connectivity index (χ1n) is 8.21. The minimum Gasteiger partial charge on any atom is -0.493 e. The molecule has 22 heavy (non-hydrogen) atoms. The molecule has 4 nitrogen and oxygen atoms in total. The van der Waals surface area contributed by atoms with Gasteiger partial charge in [0.15, 0.2) is 0 Å². The third kappa shape index (κ3) is 4.01. The molecule has 0 spiro atoms. The van der Waals surface area contributed by atoms with Crippen LogP contribution in [0, 0.1) is 0 Å². The van der Waals surface area contributed by atoms with Crippen LogP contribution in [0.1, 0.15) is 50.0 Å². The van der Waals surface area contributed by atoms with Gasteiger partial charge < -0.3 is 15.0 Å². The van der Waals surface area contributed by atoms with E-state index in [0.29, 0.717) is 17.9 Å². The molecule has 1 aliphatic rings. The second kappa shape index (κ2) is 7.14. The van der Waals surface area contributed by atoms with Gasteiger partial charge in [0.05, 0.1) is 12.2 Å². The van der Waals surface area contributed by atoms with Gasteiger partial charge in [-0.25, -0.2) is 0 Å². The van der Waals surface area contributed by atoms with Gasteiger partial charge in [0.2, 0.25) is 0 Å². The third-order valence-electron chi connectivity index (χ3n) is 3.94. The van der Waals surface area contributed by atoms with Crippen LogP contribution in [-0.2, 0) is 5.41 Å². The smallest absolute Gasteiger partial charge is 0.257 e. The molecule has 0 bridgehead atoms. The van der Waals surface area contributed by atoms with Gasteiger partial charge in [-0.2, -0.15) is 0 Å². The van der Waals surface area contributed by atoms with Crippen molar-refractivity contribution < 1.29 is 9.53 Å². The number of benzene rings is 1. The van der Waals surface area contributed by atoms with Gasteiger partial charge in [-0.1, -0.05) is 33.8 Å². The monoisotopic (exact) mass is 304 g/mol. The Morgan fingerprint density at radius 1 is 1.27 bits per heavy atom. The van der Waals surface area contributed by atoms with Crippen molar-refractivity contribution in [3.63, 3.8) is 0 Å². The summed E-state index contributed by atoms with van der Waals surface area (Å²) in [6.07, 6.45) is 0.933. The van der Waals surface area contributed by atoms with Crippen LogP contribution in [0.4, 0.5) is 0 Å². The Labute approximate surface area is 133 Å². The van der Waals surface area contributed by atoms with E-state index >= 15 is 0 Å². The number of amides is 1. The van der Waals surface area contributed by atoms with Crippen molar-refractivity contribution in [2.24, 2.45) is 0 Å². The molecule has 0 saturated carbocycles. The van der Waals surface area contributed by atoms with Crippen molar-refractivity contribution in [3.05, 3.63) is 29.3 Å². The van der Waals surface area contributed by atoms with Crippen LogP contribution in [0.15, 0.2) is 18.2 Å². The van der Waals surface area contributed by atoms with Crippen LogP contribution < -0.4 is 10.1 Å². The number of hydrogen-bond donors (Lipinski definition) is 1. The number of hydrogen-bond acceptors (Lipinski definition) is 3. The van der Waals surface area contributed by atoms with Crippen LogP contribution in [-0.4, -0.2) is 43.6 Å². The standard InChI is InChI=1S/C18H28N2O2/c1-5-12-22-16-7-6-14(18(2,3)4)13-15(16)17(21)20-10-8-19-9-11-20/h6-7,13,19H,5,8-12H2,1-4H3. The van der Waals surface area contributed by atoms with Crippen molar-refractivity contribution in [2.75, 3.05) is 32.8 Å². The van der Waals surface area contributed by atoms with Crippen LogP contribution >= 0.6 is 0 Å². The summed E-state index contributed by atoms with van der Waals surface area (Å²) in [7, 11) is 0. The molecule has 1 heterocycles. The average molecular weight is 304 g/mol. The molecule has 1 N–H and O–H groups in total. The molecule has 1 aromatic carbocycles. The van der Waals surface area contributed by atoms with E-state index < -0.39 is 0 Å². The largest absolute Gasteiger partial charge is 0.493 e. The normalized spacial score (nSPS) is 15.7. The van der Waals surface area contributed by atoms with Crippen molar-refractivity contribution in [2.45, 2.75) is 39.5 Å². The Morgan fingerprint density at radius 2 is 1.95 bits per heavy atom. The van der Waals surface area contributed by atoms with E-state index in [-0.39, 0.29) is 11.3 Å². The number of piperazine rings is 1. The first-order chi connectivity index (χ1) is 10.4. The summed E-state index contributed by atoms with van der Waals surface area (Å²) in [6.45, 7) is 12.4. The van der Waals surface area contributed by atoms with E-state index in [0.717, 1.165) is 38.2 Å². The maximum Gasteiger partial charge on any atom is 0.257 e. The number of nitrogens with one attached hydrogen (secondary N) is 1. The van der Waals surface area contributed by atoms with Crippen molar-refractivity contribution >= 4 is 5.91 Å². The highest BCUT2D eigenvalue weighted by Gasteiger charge is 2.24. The molecule has 0 radical (unpaired) electrons. The second-order valence-electron chi connectivity index (χ2n) is 6.85. The molecule has 1 saturated heterocycles. The molecule has 1 aromatic rings. The third-order valence-corrected chi connectivity index (χ3v) is 3.94. The molecule has 0 unspecified atom stereocenters. The lowest BCUT2D eigenvalue weighted by Gasteiger charge is -2.29. The SMILES string of the molecule is CCCOc1ccc(C(C)(C)C)cc1C(=O)N1CCNCC1. The first-order valence-corrected chi connectivity index (χ1v) is 8.21. The van der Waals surface area contributed by atoms with Gasteiger partial charge in [-0.15, -0.1) is 0 Å². The molecule has 122 valence electrons. The fourth-order valence-corrected chi connectivity index (χ4v) is 2.54. The fraction of sp³-hybridized carbons (Fsp3) is 0.611. The van der Waals surface area contributed by atoms with Crippen LogP contribution in [0.25, 0.3) is 0 Å². The minimum atomic E-state index is 0.0156. The molecule has 0 atom stereocenters. The lowest BCUT2D eigenvalue weighted by atomic mass is 9.86. The molecule has 0 aliphatic carbocycles. The summed E-state index contributed by atoms with van der Waals surface area (Å²) in [5.41, 5.74) is 1.87. The number of ether oxygens (including phenoxy) is 1. The van der Waals surface area contributed by atoms with E-state index in [1.807, 2.05) is 17.0 Å². The summed E-state index contributed by atoms with van der Waals surface area (Å²) in [5, 5.41) is 3.28. The topological polar surface area (TPSA) is 41.6 Å². The van der Waals surface area contributed by atoms with E-state index in [1.165, 1.54) is 0 Å². The summed E-state index contributed by atoms with van der Waals surface area (Å²) in [5.74, 6) is 0.789. The molecule has 1 amide bonds. The summed E-state index contributed by atoms with van der Waals surface area (Å²) >= 11 is 0. The van der Waals surface area contributed by atoms with E-state index in [1.54, 1.807) is 0 Å². The highest BCUT2D eigenvalue weighted by molar-refractivity contribution is 5.97. The zero-order valence-corrected chi connectivity index (χ0v) is 14.2.